The first-order valence-electron chi connectivity index (χ1n) is 7.91. The Morgan fingerprint density at radius 1 is 1.23 bits per heavy atom. The van der Waals surface area contributed by atoms with Crippen molar-refractivity contribution in [3.05, 3.63) is 36.1 Å². The SMILES string of the molecule is CCNC(=NCc1cc2ccccc2o1)NCCCOCC. The molecule has 5 heteroatoms. The second-order valence-electron chi connectivity index (χ2n) is 4.92. The van der Waals surface area contributed by atoms with Crippen LogP contribution in [0.1, 0.15) is 26.0 Å². The van der Waals surface area contributed by atoms with E-state index in [0.717, 1.165) is 55.4 Å². The predicted octanol–water partition coefficient (Wildman–Crippen LogP) is 2.91. The van der Waals surface area contributed by atoms with Crippen molar-refractivity contribution < 1.29 is 9.15 Å². The minimum Gasteiger partial charge on any atom is -0.459 e. The number of nitrogens with one attached hydrogen (secondary N) is 2. The van der Waals surface area contributed by atoms with Crippen LogP contribution in [-0.2, 0) is 11.3 Å². The van der Waals surface area contributed by atoms with E-state index in [1.807, 2.05) is 37.3 Å². The fraction of sp³-hybridized carbons (Fsp3) is 0.471. The van der Waals surface area contributed by atoms with E-state index in [9.17, 15) is 0 Å². The Labute approximate surface area is 131 Å². The molecule has 2 rings (SSSR count). The van der Waals surface area contributed by atoms with E-state index in [2.05, 4.69) is 22.5 Å². The minimum atomic E-state index is 0.523. The number of aliphatic imine (C=N–C) groups is 1. The highest BCUT2D eigenvalue weighted by molar-refractivity contribution is 5.80. The Morgan fingerprint density at radius 3 is 2.86 bits per heavy atom. The standard InChI is InChI=1S/C17H25N3O2/c1-3-18-17(19-10-7-11-21-4-2)20-13-15-12-14-8-5-6-9-16(14)22-15/h5-6,8-9,12H,3-4,7,10-11,13H2,1-2H3,(H2,18,19,20). The van der Waals surface area contributed by atoms with Crippen molar-refractivity contribution in [3.8, 4) is 0 Å². The molecule has 2 N–H and O–H groups in total. The van der Waals surface area contributed by atoms with E-state index in [4.69, 9.17) is 9.15 Å². The van der Waals surface area contributed by atoms with E-state index in [-0.39, 0.29) is 0 Å². The molecule has 0 aliphatic heterocycles. The molecule has 22 heavy (non-hydrogen) atoms. The van der Waals surface area contributed by atoms with Gasteiger partial charge in [0.15, 0.2) is 5.96 Å². The van der Waals surface area contributed by atoms with E-state index in [1.165, 1.54) is 0 Å². The number of nitrogens with zero attached hydrogens (tertiary/aromatic N) is 1. The van der Waals surface area contributed by atoms with Crippen LogP contribution >= 0.6 is 0 Å². The van der Waals surface area contributed by atoms with Gasteiger partial charge < -0.3 is 19.8 Å². The number of hydrogen-bond acceptors (Lipinski definition) is 3. The number of fused-ring (bicyclic) bond motifs is 1. The van der Waals surface area contributed by atoms with Crippen molar-refractivity contribution >= 4 is 16.9 Å². The second-order valence-corrected chi connectivity index (χ2v) is 4.92. The van der Waals surface area contributed by atoms with Crippen LogP contribution in [0.2, 0.25) is 0 Å². The topological polar surface area (TPSA) is 58.8 Å². The molecule has 2 aromatic rings. The highest BCUT2D eigenvalue weighted by atomic mass is 16.5. The summed E-state index contributed by atoms with van der Waals surface area (Å²) in [4.78, 5) is 4.56. The number of furan rings is 1. The van der Waals surface area contributed by atoms with Crippen LogP contribution in [-0.4, -0.2) is 32.3 Å². The molecule has 0 aliphatic rings. The Hall–Kier alpha value is -2.01. The molecule has 5 nitrogen and oxygen atoms in total. The average molecular weight is 303 g/mol. The zero-order valence-corrected chi connectivity index (χ0v) is 13.4. The maximum atomic E-state index is 5.77. The number of ether oxygens (including phenoxy) is 1. The molecule has 1 aromatic carbocycles. The zero-order chi connectivity index (χ0) is 15.6. The predicted molar refractivity (Wildman–Crippen MR) is 90.1 cm³/mol. The lowest BCUT2D eigenvalue weighted by molar-refractivity contribution is 0.145. The lowest BCUT2D eigenvalue weighted by Crippen LogP contribution is -2.38. The number of benzene rings is 1. The van der Waals surface area contributed by atoms with Crippen LogP contribution in [0.5, 0.6) is 0 Å². The van der Waals surface area contributed by atoms with E-state index in [0.29, 0.717) is 6.54 Å². The maximum Gasteiger partial charge on any atom is 0.191 e. The molecule has 0 saturated carbocycles. The fourth-order valence-electron chi connectivity index (χ4n) is 2.14. The molecule has 0 bridgehead atoms. The summed E-state index contributed by atoms with van der Waals surface area (Å²) in [5.74, 6) is 1.67. The van der Waals surface area contributed by atoms with Crippen molar-refractivity contribution in [2.75, 3.05) is 26.3 Å². The van der Waals surface area contributed by atoms with Gasteiger partial charge in [0.1, 0.15) is 17.9 Å². The van der Waals surface area contributed by atoms with Gasteiger partial charge in [-0.1, -0.05) is 18.2 Å². The molecule has 0 saturated heterocycles. The maximum absolute atomic E-state index is 5.77. The zero-order valence-electron chi connectivity index (χ0n) is 13.4. The summed E-state index contributed by atoms with van der Waals surface area (Å²) in [6, 6.07) is 10.0. The average Bonchev–Trinajstić information content (AvgIpc) is 2.95. The van der Waals surface area contributed by atoms with Crippen LogP contribution in [0.25, 0.3) is 11.0 Å². The quantitative estimate of drug-likeness (QED) is 0.447. The van der Waals surface area contributed by atoms with Crippen LogP contribution in [0.3, 0.4) is 0 Å². The molecule has 120 valence electrons. The van der Waals surface area contributed by atoms with Crippen LogP contribution in [0.4, 0.5) is 0 Å². The molecular weight excluding hydrogens is 278 g/mol. The van der Waals surface area contributed by atoms with Gasteiger partial charge in [0.25, 0.3) is 0 Å². The van der Waals surface area contributed by atoms with Crippen molar-refractivity contribution in [1.82, 2.24) is 10.6 Å². The molecule has 0 aliphatic carbocycles. The van der Waals surface area contributed by atoms with Gasteiger partial charge in [-0.15, -0.1) is 0 Å². The summed E-state index contributed by atoms with van der Waals surface area (Å²) in [5, 5.41) is 7.65. The van der Waals surface area contributed by atoms with Crippen molar-refractivity contribution in [1.29, 1.82) is 0 Å². The Morgan fingerprint density at radius 2 is 2.09 bits per heavy atom. The third kappa shape index (κ3) is 5.07. The molecule has 0 fully saturated rings. The normalized spacial score (nSPS) is 11.8. The van der Waals surface area contributed by atoms with Gasteiger partial charge in [0.05, 0.1) is 0 Å². The van der Waals surface area contributed by atoms with Crippen LogP contribution < -0.4 is 10.6 Å². The Balaban J connectivity index is 1.88. The molecule has 0 spiro atoms. The van der Waals surface area contributed by atoms with E-state index in [1.54, 1.807) is 0 Å². The summed E-state index contributed by atoms with van der Waals surface area (Å²) in [5.41, 5.74) is 0.905. The van der Waals surface area contributed by atoms with Crippen molar-refractivity contribution in [2.24, 2.45) is 4.99 Å². The van der Waals surface area contributed by atoms with Gasteiger partial charge in [-0.3, -0.25) is 0 Å². The first-order chi connectivity index (χ1) is 10.8. The van der Waals surface area contributed by atoms with E-state index >= 15 is 0 Å². The van der Waals surface area contributed by atoms with Gasteiger partial charge >= 0.3 is 0 Å². The van der Waals surface area contributed by atoms with Gasteiger partial charge in [-0.25, -0.2) is 4.99 Å². The molecule has 0 atom stereocenters. The first-order valence-corrected chi connectivity index (χ1v) is 7.91. The summed E-state index contributed by atoms with van der Waals surface area (Å²) in [6.45, 7) is 7.79. The lowest BCUT2D eigenvalue weighted by Gasteiger charge is -2.10. The smallest absolute Gasteiger partial charge is 0.191 e. The summed E-state index contributed by atoms with van der Waals surface area (Å²) in [7, 11) is 0. The number of rotatable bonds is 8. The van der Waals surface area contributed by atoms with Gasteiger partial charge in [-0.2, -0.15) is 0 Å². The summed E-state index contributed by atoms with van der Waals surface area (Å²) >= 11 is 0. The Bertz CT molecular complexity index is 559. The first kappa shape index (κ1) is 16.4. The molecule has 1 heterocycles. The summed E-state index contributed by atoms with van der Waals surface area (Å²) < 4.78 is 11.1. The molecular formula is C17H25N3O2. The molecule has 0 radical (unpaired) electrons. The summed E-state index contributed by atoms with van der Waals surface area (Å²) in [6.07, 6.45) is 0.961. The number of guanidine groups is 1. The van der Waals surface area contributed by atoms with E-state index < -0.39 is 0 Å². The minimum absolute atomic E-state index is 0.523. The Kier molecular flexibility index (Phi) is 6.77. The highest BCUT2D eigenvalue weighted by Crippen LogP contribution is 2.19. The molecule has 1 aromatic heterocycles. The third-order valence-corrected chi connectivity index (χ3v) is 3.18. The van der Waals surface area contributed by atoms with Crippen LogP contribution in [0.15, 0.2) is 39.7 Å². The van der Waals surface area contributed by atoms with Crippen LogP contribution in [0, 0.1) is 0 Å². The van der Waals surface area contributed by atoms with Gasteiger partial charge in [0.2, 0.25) is 0 Å². The third-order valence-electron chi connectivity index (χ3n) is 3.18. The number of hydrogen-bond donors (Lipinski definition) is 2. The highest BCUT2D eigenvalue weighted by Gasteiger charge is 2.03. The monoisotopic (exact) mass is 303 g/mol. The lowest BCUT2D eigenvalue weighted by atomic mass is 10.2. The van der Waals surface area contributed by atoms with Gasteiger partial charge in [-0.05, 0) is 32.4 Å². The van der Waals surface area contributed by atoms with Gasteiger partial charge in [0, 0.05) is 31.7 Å². The van der Waals surface area contributed by atoms with Crippen molar-refractivity contribution in [3.63, 3.8) is 0 Å². The molecule has 0 unspecified atom stereocenters. The fourth-order valence-corrected chi connectivity index (χ4v) is 2.14. The molecule has 0 amide bonds. The second kappa shape index (κ2) is 9.10. The largest absolute Gasteiger partial charge is 0.459 e. The van der Waals surface area contributed by atoms with Crippen molar-refractivity contribution in [2.45, 2.75) is 26.8 Å². The number of para-hydroxylation sites is 1.